The number of benzene rings is 1. The number of nitrogens with one attached hydrogen (secondary N) is 2. The maximum Gasteiger partial charge on any atom is 0.408 e. The lowest BCUT2D eigenvalue weighted by Crippen LogP contribution is -2.56. The quantitative estimate of drug-likeness (QED) is 0.456. The number of ether oxygens (including phenoxy) is 2. The first-order valence-electron chi connectivity index (χ1n) is 15.3. The number of hydrogen-bond donors (Lipinski definition) is 3. The Morgan fingerprint density at radius 1 is 1.11 bits per heavy atom. The van der Waals surface area contributed by atoms with E-state index in [0.717, 1.165) is 0 Å². The molecule has 2 saturated heterocycles. The van der Waals surface area contributed by atoms with Gasteiger partial charge in [0, 0.05) is 25.2 Å². The van der Waals surface area contributed by atoms with E-state index in [4.69, 9.17) is 9.47 Å². The maximum absolute atomic E-state index is 14.8. The van der Waals surface area contributed by atoms with Crippen LogP contribution in [0.4, 0.5) is 13.6 Å². The van der Waals surface area contributed by atoms with Gasteiger partial charge in [-0.15, -0.1) is 0 Å². The molecule has 244 valence electrons. The van der Waals surface area contributed by atoms with E-state index in [1.807, 2.05) is 6.07 Å². The van der Waals surface area contributed by atoms with Crippen LogP contribution in [0.25, 0.3) is 11.0 Å². The van der Waals surface area contributed by atoms with Crippen molar-refractivity contribution in [2.75, 3.05) is 6.54 Å². The minimum atomic E-state index is -3.12. The van der Waals surface area contributed by atoms with Crippen LogP contribution in [-0.2, 0) is 19.1 Å². The van der Waals surface area contributed by atoms with Gasteiger partial charge in [-0.3, -0.25) is 9.59 Å². The Labute approximate surface area is 259 Å². The number of nitrogens with zero attached hydrogens (tertiary/aromatic N) is 3. The molecule has 1 saturated carbocycles. The van der Waals surface area contributed by atoms with Crippen LogP contribution in [0.2, 0.25) is 0 Å². The molecule has 5 atom stereocenters. The van der Waals surface area contributed by atoms with Crippen molar-refractivity contribution >= 4 is 34.9 Å². The van der Waals surface area contributed by atoms with E-state index in [9.17, 15) is 33.1 Å². The van der Waals surface area contributed by atoms with Crippen molar-refractivity contribution in [2.24, 2.45) is 5.92 Å². The summed E-state index contributed by atoms with van der Waals surface area (Å²) in [5, 5.41) is 15.1. The van der Waals surface area contributed by atoms with E-state index in [2.05, 4.69) is 20.6 Å². The second-order valence-corrected chi connectivity index (χ2v) is 13.2. The summed E-state index contributed by atoms with van der Waals surface area (Å²) >= 11 is 0. The fraction of sp³-hybridized carbons (Fsp3) is 0.613. The molecule has 5 rings (SSSR count). The number of alkyl carbamates (subject to hydrolysis) is 1. The van der Waals surface area contributed by atoms with E-state index in [0.29, 0.717) is 23.9 Å². The van der Waals surface area contributed by atoms with Gasteiger partial charge >= 0.3 is 12.1 Å². The number of alkyl halides is 2. The van der Waals surface area contributed by atoms with Crippen molar-refractivity contribution < 1.29 is 42.5 Å². The molecular formula is C31H39F2N5O7. The molecule has 14 heteroatoms. The minimum absolute atomic E-state index is 0.0260. The molecule has 3 amide bonds. The highest BCUT2D eigenvalue weighted by molar-refractivity contribution is 5.96. The molecule has 1 aromatic carbocycles. The van der Waals surface area contributed by atoms with Crippen molar-refractivity contribution in [1.82, 2.24) is 25.5 Å². The molecule has 1 aliphatic carbocycles. The Kier molecular flexibility index (Phi) is 8.87. The van der Waals surface area contributed by atoms with Crippen LogP contribution in [0.3, 0.4) is 0 Å². The van der Waals surface area contributed by atoms with Crippen LogP contribution in [0, 0.1) is 5.92 Å². The van der Waals surface area contributed by atoms with Crippen molar-refractivity contribution in [3.05, 3.63) is 30.5 Å². The van der Waals surface area contributed by atoms with Gasteiger partial charge < -0.3 is 30.1 Å². The molecular weight excluding hydrogens is 592 g/mol. The predicted molar refractivity (Wildman–Crippen MR) is 156 cm³/mol. The summed E-state index contributed by atoms with van der Waals surface area (Å²) in [6.07, 6.45) is -0.440. The van der Waals surface area contributed by atoms with Crippen LogP contribution < -0.4 is 15.4 Å². The number of para-hydroxylation sites is 2. The lowest BCUT2D eigenvalue weighted by molar-refractivity contribution is -0.146. The zero-order valence-electron chi connectivity index (χ0n) is 25.6. The number of fused-ring (bicyclic) bond motifs is 3. The van der Waals surface area contributed by atoms with E-state index in [1.54, 1.807) is 39.0 Å². The number of carboxylic acids is 1. The van der Waals surface area contributed by atoms with Crippen molar-refractivity contribution in [1.29, 1.82) is 0 Å². The third-order valence-corrected chi connectivity index (χ3v) is 8.46. The van der Waals surface area contributed by atoms with Gasteiger partial charge in [0.2, 0.25) is 23.6 Å². The van der Waals surface area contributed by atoms with Crippen LogP contribution in [0.5, 0.6) is 5.88 Å². The highest BCUT2D eigenvalue weighted by Crippen LogP contribution is 2.50. The van der Waals surface area contributed by atoms with Crippen molar-refractivity contribution in [3.8, 4) is 5.88 Å². The smallest absolute Gasteiger partial charge is 0.408 e. The van der Waals surface area contributed by atoms with Gasteiger partial charge in [0.15, 0.2) is 0 Å². The minimum Gasteiger partial charge on any atom is -0.479 e. The van der Waals surface area contributed by atoms with Crippen LogP contribution >= 0.6 is 0 Å². The van der Waals surface area contributed by atoms with Gasteiger partial charge in [0.05, 0.1) is 23.8 Å². The van der Waals surface area contributed by atoms with E-state index in [1.165, 1.54) is 11.1 Å². The van der Waals surface area contributed by atoms with Gasteiger partial charge in [0.1, 0.15) is 29.3 Å². The normalized spacial score (nSPS) is 29.0. The third kappa shape index (κ3) is 7.59. The van der Waals surface area contributed by atoms with Gasteiger partial charge in [-0.2, -0.15) is 0 Å². The highest BCUT2D eigenvalue weighted by Gasteiger charge is 2.64. The van der Waals surface area contributed by atoms with Gasteiger partial charge in [-0.05, 0) is 52.2 Å². The van der Waals surface area contributed by atoms with Crippen LogP contribution in [0.1, 0.15) is 72.1 Å². The molecule has 2 aromatic rings. The molecule has 3 N–H and O–H groups in total. The average Bonchev–Trinajstić information content (AvgIpc) is 3.45. The second-order valence-electron chi connectivity index (χ2n) is 13.2. The number of carbonyl (C=O) groups excluding carboxylic acids is 3. The average molecular weight is 632 g/mol. The molecule has 2 aliphatic heterocycles. The standard InChI is InChI=1S/C31H39F2N5O7/c1-29(2,3)45-28(43)36-22-11-5-4-8-12-30(32,33)14-18-15-31(18,27(41)42)37-25(39)23-13-19(17-38(23)26(22)40)44-24-16-34-20-9-6-7-10-21(20)35-24/h6-7,9-10,16,18-19,22-23H,4-5,8,11-15,17H2,1-3H3,(H,36,43)(H,37,39)(H,41,42)/t18-,19-,22+,23+,31-/m1/s1. The number of aliphatic carboxylic acids is 1. The molecule has 1 aromatic heterocycles. The Bertz CT molecular complexity index is 1470. The first-order chi connectivity index (χ1) is 21.2. The molecule has 0 spiro atoms. The molecule has 3 heterocycles. The van der Waals surface area contributed by atoms with Crippen LogP contribution in [0.15, 0.2) is 30.5 Å². The van der Waals surface area contributed by atoms with E-state index < -0.39 is 77.9 Å². The van der Waals surface area contributed by atoms with Gasteiger partial charge in [0.25, 0.3) is 0 Å². The molecule has 0 unspecified atom stereocenters. The molecule has 12 nitrogen and oxygen atoms in total. The molecule has 3 aliphatic rings. The zero-order chi connectivity index (χ0) is 32.6. The third-order valence-electron chi connectivity index (χ3n) is 8.46. The lowest BCUT2D eigenvalue weighted by atomic mass is 10.0. The summed E-state index contributed by atoms with van der Waals surface area (Å²) in [5.41, 5.74) is -1.47. The number of hydrogen-bond acceptors (Lipinski definition) is 8. The summed E-state index contributed by atoms with van der Waals surface area (Å²) < 4.78 is 41.1. The topological polar surface area (TPSA) is 160 Å². The zero-order valence-corrected chi connectivity index (χ0v) is 25.6. The summed E-state index contributed by atoms with van der Waals surface area (Å²) in [5.74, 6) is -6.68. The predicted octanol–water partition coefficient (Wildman–Crippen LogP) is 3.82. The van der Waals surface area contributed by atoms with E-state index >= 15 is 0 Å². The summed E-state index contributed by atoms with van der Waals surface area (Å²) in [7, 11) is 0. The lowest BCUT2D eigenvalue weighted by Gasteiger charge is -2.30. The Balaban J connectivity index is 1.43. The van der Waals surface area contributed by atoms with Gasteiger partial charge in [-0.1, -0.05) is 25.0 Å². The SMILES string of the molecule is CC(C)(C)OC(=O)N[C@H]1CCCCCC(F)(F)C[C@@H]2C[C@@]2(C(=O)O)NC(=O)[C@@H]2C[C@@H](Oc3cnc4ccccc4n3)CN2C1=O. The number of carbonyl (C=O) groups is 4. The fourth-order valence-electron chi connectivity index (χ4n) is 6.17. The maximum atomic E-state index is 14.8. The van der Waals surface area contributed by atoms with Crippen LogP contribution in [-0.4, -0.2) is 85.6 Å². The Morgan fingerprint density at radius 2 is 1.84 bits per heavy atom. The van der Waals surface area contributed by atoms with E-state index in [-0.39, 0.29) is 38.1 Å². The van der Waals surface area contributed by atoms with Gasteiger partial charge in [-0.25, -0.2) is 28.3 Å². The number of rotatable bonds is 4. The van der Waals surface area contributed by atoms with Crippen molar-refractivity contribution in [2.45, 2.75) is 107 Å². The molecule has 0 radical (unpaired) electrons. The Hall–Kier alpha value is -4.10. The second kappa shape index (κ2) is 12.4. The Morgan fingerprint density at radius 3 is 2.56 bits per heavy atom. The van der Waals surface area contributed by atoms with Crippen molar-refractivity contribution in [3.63, 3.8) is 0 Å². The number of aromatic nitrogens is 2. The summed E-state index contributed by atoms with van der Waals surface area (Å²) in [4.78, 5) is 62.8. The molecule has 3 fully saturated rings. The molecule has 0 bridgehead atoms. The number of carboxylic acid groups (broad SMARTS) is 1. The summed E-state index contributed by atoms with van der Waals surface area (Å²) in [6.45, 7) is 4.95. The first-order valence-corrected chi connectivity index (χ1v) is 15.3. The summed E-state index contributed by atoms with van der Waals surface area (Å²) in [6, 6.07) is 4.86. The first kappa shape index (κ1) is 32.3. The molecule has 45 heavy (non-hydrogen) atoms. The fourth-order valence-corrected chi connectivity index (χ4v) is 6.17. The monoisotopic (exact) mass is 631 g/mol. The largest absolute Gasteiger partial charge is 0.479 e. The highest BCUT2D eigenvalue weighted by atomic mass is 19.3. The number of halogens is 2. The number of amides is 3.